The first-order chi connectivity index (χ1) is 5.61. The lowest BCUT2D eigenvalue weighted by molar-refractivity contribution is 0.625. The van der Waals surface area contributed by atoms with Crippen LogP contribution >= 0.6 is 11.6 Å². The van der Waals surface area contributed by atoms with Gasteiger partial charge in [-0.25, -0.2) is 4.39 Å². The Morgan fingerprint density at radius 1 is 1.33 bits per heavy atom. The van der Waals surface area contributed by atoms with E-state index in [0.717, 1.165) is 5.56 Å². The van der Waals surface area contributed by atoms with E-state index in [2.05, 4.69) is 0 Å². The van der Waals surface area contributed by atoms with Crippen LogP contribution in [0.2, 0.25) is 0 Å². The molecule has 2 atom stereocenters. The highest BCUT2D eigenvalue weighted by Crippen LogP contribution is 2.22. The zero-order valence-electron chi connectivity index (χ0n) is 6.80. The number of benzene rings is 1. The molecule has 0 unspecified atom stereocenters. The summed E-state index contributed by atoms with van der Waals surface area (Å²) >= 11 is 5.95. The number of hydrogen-bond acceptors (Lipinski definition) is 1. The summed E-state index contributed by atoms with van der Waals surface area (Å²) in [5, 5.41) is -0.245. The standard InChI is InChI=1S/C9H11ClFN/c1-6(12)9(10)7-2-4-8(11)5-3-7/h2-6,9H,12H2,1H3/t6-,9+/m1/s1. The Labute approximate surface area is 76.3 Å². The minimum Gasteiger partial charge on any atom is -0.326 e. The van der Waals surface area contributed by atoms with Crippen molar-refractivity contribution in [3.05, 3.63) is 35.6 Å². The van der Waals surface area contributed by atoms with Crippen LogP contribution in [0.5, 0.6) is 0 Å². The van der Waals surface area contributed by atoms with Gasteiger partial charge in [0.15, 0.2) is 0 Å². The van der Waals surface area contributed by atoms with E-state index in [1.54, 1.807) is 12.1 Å². The first kappa shape index (κ1) is 9.49. The van der Waals surface area contributed by atoms with Crippen molar-refractivity contribution in [3.63, 3.8) is 0 Å². The van der Waals surface area contributed by atoms with Crippen LogP contribution in [-0.4, -0.2) is 6.04 Å². The minimum atomic E-state index is -0.257. The summed E-state index contributed by atoms with van der Waals surface area (Å²) < 4.78 is 12.5. The summed E-state index contributed by atoms with van der Waals surface area (Å²) in [5.41, 5.74) is 6.43. The Morgan fingerprint density at radius 2 is 1.83 bits per heavy atom. The van der Waals surface area contributed by atoms with Crippen molar-refractivity contribution in [2.24, 2.45) is 5.73 Å². The lowest BCUT2D eigenvalue weighted by atomic mass is 10.1. The number of alkyl halides is 1. The van der Waals surface area contributed by atoms with Crippen LogP contribution in [0.3, 0.4) is 0 Å². The van der Waals surface area contributed by atoms with Crippen molar-refractivity contribution in [1.82, 2.24) is 0 Å². The second kappa shape index (κ2) is 3.87. The van der Waals surface area contributed by atoms with Gasteiger partial charge in [-0.05, 0) is 24.6 Å². The van der Waals surface area contributed by atoms with Gasteiger partial charge in [-0.3, -0.25) is 0 Å². The van der Waals surface area contributed by atoms with Gasteiger partial charge in [-0.2, -0.15) is 0 Å². The molecule has 0 saturated heterocycles. The fourth-order valence-electron chi connectivity index (χ4n) is 0.950. The highest BCUT2D eigenvalue weighted by Gasteiger charge is 2.11. The molecule has 0 radical (unpaired) electrons. The van der Waals surface area contributed by atoms with Crippen molar-refractivity contribution >= 4 is 11.6 Å². The van der Waals surface area contributed by atoms with E-state index in [4.69, 9.17) is 17.3 Å². The van der Waals surface area contributed by atoms with Gasteiger partial charge in [0.05, 0.1) is 5.38 Å². The second-order valence-electron chi connectivity index (χ2n) is 2.81. The topological polar surface area (TPSA) is 26.0 Å². The fraction of sp³-hybridized carbons (Fsp3) is 0.333. The molecule has 0 bridgehead atoms. The summed E-state index contributed by atoms with van der Waals surface area (Å²) in [7, 11) is 0. The molecular formula is C9H11ClFN. The van der Waals surface area contributed by atoms with Crippen LogP contribution in [0.1, 0.15) is 17.9 Å². The molecule has 66 valence electrons. The highest BCUT2D eigenvalue weighted by molar-refractivity contribution is 6.21. The van der Waals surface area contributed by atoms with Crippen molar-refractivity contribution in [2.45, 2.75) is 18.3 Å². The van der Waals surface area contributed by atoms with Gasteiger partial charge in [0, 0.05) is 6.04 Å². The third-order valence-corrected chi connectivity index (χ3v) is 2.30. The molecule has 0 aliphatic carbocycles. The molecule has 12 heavy (non-hydrogen) atoms. The first-order valence-corrected chi connectivity index (χ1v) is 4.20. The highest BCUT2D eigenvalue weighted by atomic mass is 35.5. The van der Waals surface area contributed by atoms with Crippen LogP contribution in [-0.2, 0) is 0 Å². The third kappa shape index (κ3) is 2.19. The van der Waals surface area contributed by atoms with Crippen molar-refractivity contribution < 1.29 is 4.39 Å². The Bertz CT molecular complexity index is 245. The summed E-state index contributed by atoms with van der Waals surface area (Å²) in [6.07, 6.45) is 0. The average Bonchev–Trinajstić information content (AvgIpc) is 2.04. The molecular weight excluding hydrogens is 177 g/mol. The lowest BCUT2D eigenvalue weighted by Gasteiger charge is -2.12. The third-order valence-electron chi connectivity index (χ3n) is 1.65. The van der Waals surface area contributed by atoms with E-state index in [9.17, 15) is 4.39 Å². The van der Waals surface area contributed by atoms with Crippen LogP contribution < -0.4 is 5.73 Å². The van der Waals surface area contributed by atoms with Gasteiger partial charge < -0.3 is 5.73 Å². The lowest BCUT2D eigenvalue weighted by Crippen LogP contribution is -2.20. The van der Waals surface area contributed by atoms with Crippen LogP contribution in [0.4, 0.5) is 4.39 Å². The molecule has 1 aromatic carbocycles. The number of nitrogens with two attached hydrogens (primary N) is 1. The largest absolute Gasteiger partial charge is 0.326 e. The van der Waals surface area contributed by atoms with Crippen LogP contribution in [0.25, 0.3) is 0 Å². The maximum Gasteiger partial charge on any atom is 0.123 e. The van der Waals surface area contributed by atoms with E-state index < -0.39 is 0 Å². The predicted molar refractivity (Wildman–Crippen MR) is 48.6 cm³/mol. The summed E-state index contributed by atoms with van der Waals surface area (Å²) in [5.74, 6) is -0.257. The molecule has 0 aliphatic heterocycles. The number of rotatable bonds is 2. The van der Waals surface area contributed by atoms with Gasteiger partial charge in [0.2, 0.25) is 0 Å². The average molecular weight is 188 g/mol. The molecule has 0 spiro atoms. The molecule has 2 N–H and O–H groups in total. The molecule has 1 rings (SSSR count). The Morgan fingerprint density at radius 3 is 2.25 bits per heavy atom. The monoisotopic (exact) mass is 187 g/mol. The number of halogens is 2. The Hall–Kier alpha value is -0.600. The summed E-state index contributed by atoms with van der Waals surface area (Å²) in [6, 6.07) is 5.93. The molecule has 0 amide bonds. The number of hydrogen-bond donors (Lipinski definition) is 1. The quantitative estimate of drug-likeness (QED) is 0.708. The molecule has 0 aliphatic rings. The molecule has 3 heteroatoms. The van der Waals surface area contributed by atoms with Crippen LogP contribution in [0, 0.1) is 5.82 Å². The van der Waals surface area contributed by atoms with Crippen molar-refractivity contribution in [3.8, 4) is 0 Å². The van der Waals surface area contributed by atoms with E-state index in [1.165, 1.54) is 12.1 Å². The van der Waals surface area contributed by atoms with Gasteiger partial charge in [0.25, 0.3) is 0 Å². The molecule has 0 heterocycles. The molecule has 1 nitrogen and oxygen atoms in total. The second-order valence-corrected chi connectivity index (χ2v) is 3.28. The van der Waals surface area contributed by atoms with Crippen molar-refractivity contribution in [2.75, 3.05) is 0 Å². The first-order valence-electron chi connectivity index (χ1n) is 3.76. The normalized spacial score (nSPS) is 15.7. The molecule has 0 fully saturated rings. The maximum absolute atomic E-state index is 12.5. The molecule has 1 aromatic rings. The van der Waals surface area contributed by atoms with E-state index >= 15 is 0 Å². The van der Waals surface area contributed by atoms with Gasteiger partial charge >= 0.3 is 0 Å². The van der Waals surface area contributed by atoms with Crippen molar-refractivity contribution in [1.29, 1.82) is 0 Å². The van der Waals surface area contributed by atoms with Gasteiger partial charge in [-0.1, -0.05) is 12.1 Å². The SMILES string of the molecule is C[C@@H](N)[C@H](Cl)c1ccc(F)cc1. The smallest absolute Gasteiger partial charge is 0.123 e. The Balaban J connectivity index is 2.82. The van der Waals surface area contributed by atoms with Crippen LogP contribution in [0.15, 0.2) is 24.3 Å². The molecule has 0 aromatic heterocycles. The van der Waals surface area contributed by atoms with Gasteiger partial charge in [0.1, 0.15) is 5.82 Å². The van der Waals surface area contributed by atoms with E-state index in [1.807, 2.05) is 6.92 Å². The fourth-order valence-corrected chi connectivity index (χ4v) is 1.10. The Kier molecular flexibility index (Phi) is 3.06. The molecule has 0 saturated carbocycles. The van der Waals surface area contributed by atoms with Gasteiger partial charge in [-0.15, -0.1) is 11.6 Å². The minimum absolute atomic E-state index is 0.128. The zero-order valence-corrected chi connectivity index (χ0v) is 7.55. The van der Waals surface area contributed by atoms with E-state index in [-0.39, 0.29) is 17.2 Å². The zero-order chi connectivity index (χ0) is 9.14. The van der Waals surface area contributed by atoms with E-state index in [0.29, 0.717) is 0 Å². The summed E-state index contributed by atoms with van der Waals surface area (Å²) in [6.45, 7) is 1.82. The summed E-state index contributed by atoms with van der Waals surface area (Å²) in [4.78, 5) is 0. The maximum atomic E-state index is 12.5. The predicted octanol–water partition coefficient (Wildman–Crippen LogP) is 2.45.